The van der Waals surface area contributed by atoms with Gasteiger partial charge in [0.05, 0.1) is 12.2 Å². The van der Waals surface area contributed by atoms with E-state index in [1.807, 2.05) is 18.2 Å². The van der Waals surface area contributed by atoms with Crippen molar-refractivity contribution in [3.8, 4) is 11.8 Å². The SMILES string of the molecule is CC1CCCN(CCCOc2ccccc2C#N)C1. The number of hydrogen-bond acceptors (Lipinski definition) is 3. The molecular formula is C16H22N2O. The van der Waals surface area contributed by atoms with Crippen LogP contribution in [0.4, 0.5) is 0 Å². The van der Waals surface area contributed by atoms with Crippen LogP contribution in [-0.4, -0.2) is 31.1 Å². The number of para-hydroxylation sites is 1. The van der Waals surface area contributed by atoms with Crippen molar-refractivity contribution in [3.05, 3.63) is 29.8 Å². The Balaban J connectivity index is 1.70. The first kappa shape index (κ1) is 13.9. The van der Waals surface area contributed by atoms with E-state index < -0.39 is 0 Å². The second-order valence-corrected chi connectivity index (χ2v) is 5.36. The van der Waals surface area contributed by atoms with Crippen molar-refractivity contribution in [2.45, 2.75) is 26.2 Å². The first-order chi connectivity index (χ1) is 9.29. The van der Waals surface area contributed by atoms with Gasteiger partial charge in [0.1, 0.15) is 11.8 Å². The molecule has 19 heavy (non-hydrogen) atoms. The minimum Gasteiger partial charge on any atom is -0.492 e. The van der Waals surface area contributed by atoms with E-state index >= 15 is 0 Å². The molecule has 1 unspecified atom stereocenters. The van der Waals surface area contributed by atoms with Crippen LogP contribution in [0.1, 0.15) is 31.7 Å². The van der Waals surface area contributed by atoms with Crippen LogP contribution in [0.3, 0.4) is 0 Å². The molecule has 1 saturated heterocycles. The van der Waals surface area contributed by atoms with Crippen molar-refractivity contribution in [1.29, 1.82) is 5.26 Å². The van der Waals surface area contributed by atoms with E-state index in [4.69, 9.17) is 10.00 Å². The standard InChI is InChI=1S/C16H22N2O/c1-14-6-4-9-18(13-14)10-5-11-19-16-8-3-2-7-15(16)12-17/h2-3,7-8,14H,4-6,9-11,13H2,1H3. The van der Waals surface area contributed by atoms with Gasteiger partial charge in [0.2, 0.25) is 0 Å². The lowest BCUT2D eigenvalue weighted by molar-refractivity contribution is 0.170. The molecule has 0 bridgehead atoms. The molecule has 1 aliphatic rings. The van der Waals surface area contributed by atoms with E-state index in [2.05, 4.69) is 17.9 Å². The Morgan fingerprint density at radius 2 is 2.26 bits per heavy atom. The number of benzene rings is 1. The van der Waals surface area contributed by atoms with Crippen LogP contribution < -0.4 is 4.74 Å². The highest BCUT2D eigenvalue weighted by Gasteiger charge is 2.15. The molecule has 0 radical (unpaired) electrons. The van der Waals surface area contributed by atoms with Crippen LogP contribution in [0, 0.1) is 17.2 Å². The summed E-state index contributed by atoms with van der Waals surface area (Å²) < 4.78 is 5.70. The molecule has 0 saturated carbocycles. The molecule has 1 heterocycles. The molecule has 1 aliphatic heterocycles. The van der Waals surface area contributed by atoms with Crippen molar-refractivity contribution in [2.24, 2.45) is 5.92 Å². The first-order valence-corrected chi connectivity index (χ1v) is 7.14. The fourth-order valence-electron chi connectivity index (χ4n) is 2.64. The van der Waals surface area contributed by atoms with Crippen molar-refractivity contribution in [1.82, 2.24) is 4.90 Å². The van der Waals surface area contributed by atoms with E-state index in [1.54, 1.807) is 6.07 Å². The quantitative estimate of drug-likeness (QED) is 0.762. The Hall–Kier alpha value is -1.53. The summed E-state index contributed by atoms with van der Waals surface area (Å²) in [5.74, 6) is 1.53. The molecule has 0 aliphatic carbocycles. The van der Waals surface area contributed by atoms with Crippen molar-refractivity contribution in [3.63, 3.8) is 0 Å². The highest BCUT2D eigenvalue weighted by Crippen LogP contribution is 2.18. The number of nitriles is 1. The first-order valence-electron chi connectivity index (χ1n) is 7.14. The summed E-state index contributed by atoms with van der Waals surface area (Å²) in [4.78, 5) is 2.52. The summed E-state index contributed by atoms with van der Waals surface area (Å²) in [6.07, 6.45) is 3.70. The predicted octanol–water partition coefficient (Wildman–Crippen LogP) is 3.06. The van der Waals surface area contributed by atoms with Gasteiger partial charge in [-0.3, -0.25) is 0 Å². The zero-order valence-electron chi connectivity index (χ0n) is 11.6. The average Bonchev–Trinajstić information content (AvgIpc) is 2.44. The van der Waals surface area contributed by atoms with Crippen LogP contribution in [-0.2, 0) is 0 Å². The number of ether oxygens (including phenoxy) is 1. The normalized spacial score (nSPS) is 19.9. The lowest BCUT2D eigenvalue weighted by atomic mass is 10.0. The molecule has 2 rings (SSSR count). The highest BCUT2D eigenvalue weighted by atomic mass is 16.5. The summed E-state index contributed by atoms with van der Waals surface area (Å²) >= 11 is 0. The Bertz CT molecular complexity index is 439. The van der Waals surface area contributed by atoms with Crippen molar-refractivity contribution < 1.29 is 4.74 Å². The number of nitrogens with zero attached hydrogens (tertiary/aromatic N) is 2. The fourth-order valence-corrected chi connectivity index (χ4v) is 2.64. The third-order valence-electron chi connectivity index (χ3n) is 3.62. The molecule has 0 spiro atoms. The second-order valence-electron chi connectivity index (χ2n) is 5.36. The smallest absolute Gasteiger partial charge is 0.137 e. The molecule has 1 fully saturated rings. The molecular weight excluding hydrogens is 236 g/mol. The summed E-state index contributed by atoms with van der Waals surface area (Å²) in [5, 5.41) is 8.97. The van der Waals surface area contributed by atoms with Gasteiger partial charge < -0.3 is 9.64 Å². The molecule has 102 valence electrons. The zero-order chi connectivity index (χ0) is 13.5. The van der Waals surface area contributed by atoms with Gasteiger partial charge >= 0.3 is 0 Å². The van der Waals surface area contributed by atoms with Crippen LogP contribution in [0.2, 0.25) is 0 Å². The largest absolute Gasteiger partial charge is 0.492 e. The van der Waals surface area contributed by atoms with Crippen LogP contribution in [0.25, 0.3) is 0 Å². The summed E-state index contributed by atoms with van der Waals surface area (Å²) in [6.45, 7) is 6.54. The fraction of sp³-hybridized carbons (Fsp3) is 0.562. The zero-order valence-corrected chi connectivity index (χ0v) is 11.6. The van der Waals surface area contributed by atoms with Gasteiger partial charge in [0, 0.05) is 13.1 Å². The van der Waals surface area contributed by atoms with Gasteiger partial charge in [0.15, 0.2) is 0 Å². The Morgan fingerprint density at radius 3 is 3.05 bits per heavy atom. The lowest BCUT2D eigenvalue weighted by Crippen LogP contribution is -2.35. The third-order valence-corrected chi connectivity index (χ3v) is 3.62. The summed E-state index contributed by atoms with van der Waals surface area (Å²) in [5.41, 5.74) is 0.620. The highest BCUT2D eigenvalue weighted by molar-refractivity contribution is 5.42. The van der Waals surface area contributed by atoms with Gasteiger partial charge in [0.25, 0.3) is 0 Å². The minimum atomic E-state index is 0.620. The van der Waals surface area contributed by atoms with Gasteiger partial charge in [-0.25, -0.2) is 0 Å². The van der Waals surface area contributed by atoms with Gasteiger partial charge in [-0.1, -0.05) is 19.1 Å². The van der Waals surface area contributed by atoms with E-state index in [0.717, 1.165) is 18.9 Å². The van der Waals surface area contributed by atoms with Gasteiger partial charge in [-0.2, -0.15) is 5.26 Å². The predicted molar refractivity (Wildman–Crippen MR) is 76.1 cm³/mol. The molecule has 0 N–H and O–H groups in total. The molecule has 3 heteroatoms. The van der Waals surface area contributed by atoms with Crippen molar-refractivity contribution >= 4 is 0 Å². The van der Waals surface area contributed by atoms with Gasteiger partial charge in [-0.05, 0) is 43.9 Å². The topological polar surface area (TPSA) is 36.3 Å². The maximum atomic E-state index is 8.97. The second kappa shape index (κ2) is 7.16. The van der Waals surface area contributed by atoms with Gasteiger partial charge in [-0.15, -0.1) is 0 Å². The number of hydrogen-bond donors (Lipinski definition) is 0. The van der Waals surface area contributed by atoms with E-state index in [1.165, 1.54) is 25.9 Å². The summed E-state index contributed by atoms with van der Waals surface area (Å²) in [7, 11) is 0. The Kier molecular flexibility index (Phi) is 5.23. The van der Waals surface area contributed by atoms with Crippen LogP contribution >= 0.6 is 0 Å². The van der Waals surface area contributed by atoms with Crippen molar-refractivity contribution in [2.75, 3.05) is 26.2 Å². The van der Waals surface area contributed by atoms with E-state index in [-0.39, 0.29) is 0 Å². The summed E-state index contributed by atoms with van der Waals surface area (Å²) in [6, 6.07) is 9.58. The molecule has 3 nitrogen and oxygen atoms in total. The Labute approximate surface area is 115 Å². The number of likely N-dealkylation sites (tertiary alicyclic amines) is 1. The molecule has 1 aromatic carbocycles. The third kappa shape index (κ3) is 4.25. The number of rotatable bonds is 5. The monoisotopic (exact) mass is 258 g/mol. The van der Waals surface area contributed by atoms with E-state index in [9.17, 15) is 0 Å². The molecule has 0 aromatic heterocycles. The molecule has 1 atom stereocenters. The van der Waals surface area contributed by atoms with Crippen LogP contribution in [0.15, 0.2) is 24.3 Å². The van der Waals surface area contributed by atoms with E-state index in [0.29, 0.717) is 17.9 Å². The average molecular weight is 258 g/mol. The maximum absolute atomic E-state index is 8.97. The Morgan fingerprint density at radius 1 is 1.42 bits per heavy atom. The molecule has 1 aromatic rings. The minimum absolute atomic E-state index is 0.620. The molecule has 0 amide bonds. The lowest BCUT2D eigenvalue weighted by Gasteiger charge is -2.30. The number of piperidine rings is 1. The van der Waals surface area contributed by atoms with Crippen LogP contribution in [0.5, 0.6) is 5.75 Å². The maximum Gasteiger partial charge on any atom is 0.137 e.